The van der Waals surface area contributed by atoms with Gasteiger partial charge in [-0.2, -0.15) is 0 Å². The molecular weight excluding hydrogens is 236 g/mol. The molecule has 0 aliphatic heterocycles. The van der Waals surface area contributed by atoms with Crippen molar-refractivity contribution < 1.29 is 14.5 Å². The second kappa shape index (κ2) is 4.80. The summed E-state index contributed by atoms with van der Waals surface area (Å²) in [7, 11) is 1.38. The van der Waals surface area contributed by atoms with Crippen molar-refractivity contribution in [3.8, 4) is 5.75 Å². The molecule has 16 heavy (non-hydrogen) atoms. The number of ether oxygens (including phenoxy) is 1. The van der Waals surface area contributed by atoms with Crippen LogP contribution in [0.3, 0.4) is 0 Å². The molecule has 1 rings (SSSR count). The maximum Gasteiger partial charge on any atom is 0.294 e. The fourth-order valence-corrected chi connectivity index (χ4v) is 1.44. The van der Waals surface area contributed by atoms with E-state index in [1.807, 2.05) is 0 Å². The third kappa shape index (κ3) is 2.40. The molecule has 0 bridgehead atoms. The molecule has 7 heteroatoms. The number of amides is 1. The third-order valence-corrected chi connectivity index (χ3v) is 2.18. The summed E-state index contributed by atoms with van der Waals surface area (Å²) in [6.07, 6.45) is 0. The van der Waals surface area contributed by atoms with Crippen LogP contribution >= 0.6 is 11.6 Å². The number of anilines is 1. The average Bonchev–Trinajstić information content (AvgIpc) is 2.19. The van der Waals surface area contributed by atoms with Gasteiger partial charge < -0.3 is 10.1 Å². The molecule has 0 saturated carbocycles. The Morgan fingerprint density at radius 3 is 2.62 bits per heavy atom. The molecule has 0 atom stereocenters. The van der Waals surface area contributed by atoms with E-state index in [1.54, 1.807) is 0 Å². The van der Waals surface area contributed by atoms with Gasteiger partial charge in [0.1, 0.15) is 16.5 Å². The van der Waals surface area contributed by atoms with Gasteiger partial charge >= 0.3 is 0 Å². The number of rotatable bonds is 3. The number of benzene rings is 1. The first-order chi connectivity index (χ1) is 7.47. The van der Waals surface area contributed by atoms with E-state index in [2.05, 4.69) is 5.32 Å². The van der Waals surface area contributed by atoms with E-state index in [4.69, 9.17) is 16.3 Å². The van der Waals surface area contributed by atoms with Gasteiger partial charge in [-0.15, -0.1) is 0 Å². The topological polar surface area (TPSA) is 81.5 Å². The maximum absolute atomic E-state index is 10.9. The first kappa shape index (κ1) is 12.3. The highest BCUT2D eigenvalue weighted by Crippen LogP contribution is 2.38. The van der Waals surface area contributed by atoms with Gasteiger partial charge in [-0.05, 0) is 6.07 Å². The van der Waals surface area contributed by atoms with Crippen molar-refractivity contribution in [3.63, 3.8) is 0 Å². The quantitative estimate of drug-likeness (QED) is 0.653. The van der Waals surface area contributed by atoms with Crippen molar-refractivity contribution in [1.29, 1.82) is 0 Å². The molecule has 0 aliphatic rings. The van der Waals surface area contributed by atoms with Crippen molar-refractivity contribution in [2.75, 3.05) is 12.4 Å². The molecule has 0 unspecified atom stereocenters. The Morgan fingerprint density at radius 1 is 1.56 bits per heavy atom. The van der Waals surface area contributed by atoms with Crippen molar-refractivity contribution in [2.24, 2.45) is 0 Å². The summed E-state index contributed by atoms with van der Waals surface area (Å²) in [6.45, 7) is 1.24. The predicted molar refractivity (Wildman–Crippen MR) is 59.0 cm³/mol. The summed E-state index contributed by atoms with van der Waals surface area (Å²) in [4.78, 5) is 21.0. The number of methoxy groups -OCH3 is 1. The number of nitro benzene ring substituents is 1. The highest BCUT2D eigenvalue weighted by molar-refractivity contribution is 6.35. The lowest BCUT2D eigenvalue weighted by Gasteiger charge is -2.09. The Labute approximate surface area is 96.3 Å². The zero-order chi connectivity index (χ0) is 12.3. The number of hydrogen-bond donors (Lipinski definition) is 1. The zero-order valence-corrected chi connectivity index (χ0v) is 9.37. The van der Waals surface area contributed by atoms with Gasteiger partial charge in [-0.1, -0.05) is 11.6 Å². The van der Waals surface area contributed by atoms with Gasteiger partial charge in [0.05, 0.1) is 12.0 Å². The number of nitrogens with zero attached hydrogens (tertiary/aromatic N) is 1. The van der Waals surface area contributed by atoms with Gasteiger partial charge in [-0.3, -0.25) is 14.9 Å². The second-order valence-electron chi connectivity index (χ2n) is 2.91. The summed E-state index contributed by atoms with van der Waals surface area (Å²) in [5, 5.41) is 13.0. The van der Waals surface area contributed by atoms with Crippen LogP contribution in [-0.2, 0) is 4.79 Å². The van der Waals surface area contributed by atoms with Crippen LogP contribution in [0, 0.1) is 10.1 Å². The fraction of sp³-hybridized carbons (Fsp3) is 0.222. The zero-order valence-electron chi connectivity index (χ0n) is 8.61. The first-order valence-electron chi connectivity index (χ1n) is 4.25. The number of carbonyl (C=O) groups is 1. The SMILES string of the molecule is COc1ccc([N+](=O)[O-])c(NC(C)=O)c1Cl. The van der Waals surface area contributed by atoms with E-state index in [0.29, 0.717) is 0 Å². The molecule has 6 nitrogen and oxygen atoms in total. The minimum atomic E-state index is -0.628. The molecule has 1 amide bonds. The van der Waals surface area contributed by atoms with Gasteiger partial charge in [0.2, 0.25) is 5.91 Å². The molecule has 0 aliphatic carbocycles. The fourth-order valence-electron chi connectivity index (χ4n) is 1.15. The molecule has 0 heterocycles. The van der Waals surface area contributed by atoms with E-state index < -0.39 is 10.8 Å². The van der Waals surface area contributed by atoms with Crippen molar-refractivity contribution in [3.05, 3.63) is 27.3 Å². The van der Waals surface area contributed by atoms with Crippen LogP contribution in [-0.4, -0.2) is 17.9 Å². The predicted octanol–water partition coefficient (Wildman–Crippen LogP) is 2.22. The summed E-state index contributed by atoms with van der Waals surface area (Å²) < 4.78 is 4.90. The van der Waals surface area contributed by atoms with Crippen LogP contribution < -0.4 is 10.1 Å². The Hall–Kier alpha value is -1.82. The number of nitrogens with one attached hydrogen (secondary N) is 1. The van der Waals surface area contributed by atoms with E-state index in [-0.39, 0.29) is 22.1 Å². The normalized spacial score (nSPS) is 9.69. The van der Waals surface area contributed by atoms with Crippen molar-refractivity contribution in [1.82, 2.24) is 0 Å². The van der Waals surface area contributed by atoms with Crippen LogP contribution in [0.15, 0.2) is 12.1 Å². The van der Waals surface area contributed by atoms with Gasteiger partial charge in [0.15, 0.2) is 0 Å². The Kier molecular flexibility index (Phi) is 3.68. The Morgan fingerprint density at radius 2 is 2.19 bits per heavy atom. The van der Waals surface area contributed by atoms with E-state index in [1.165, 1.54) is 26.2 Å². The van der Waals surface area contributed by atoms with Crippen LogP contribution in [0.4, 0.5) is 11.4 Å². The largest absolute Gasteiger partial charge is 0.495 e. The summed E-state index contributed by atoms with van der Waals surface area (Å²) >= 11 is 5.86. The summed E-state index contributed by atoms with van der Waals surface area (Å²) in [5.41, 5.74) is -0.334. The lowest BCUT2D eigenvalue weighted by Crippen LogP contribution is -2.09. The smallest absolute Gasteiger partial charge is 0.294 e. The van der Waals surface area contributed by atoms with Crippen LogP contribution in [0.25, 0.3) is 0 Å². The van der Waals surface area contributed by atoms with Gasteiger partial charge in [-0.25, -0.2) is 0 Å². The molecule has 1 N–H and O–H groups in total. The number of nitro groups is 1. The van der Waals surface area contributed by atoms with Gasteiger partial charge in [0.25, 0.3) is 5.69 Å². The van der Waals surface area contributed by atoms with Crippen molar-refractivity contribution >= 4 is 28.9 Å². The summed E-state index contributed by atoms with van der Waals surface area (Å²) in [6, 6.07) is 2.59. The molecule has 0 fully saturated rings. The molecular formula is C9H9ClN2O4. The lowest BCUT2D eigenvalue weighted by atomic mass is 10.2. The Balaban J connectivity index is 3.36. The molecule has 0 aromatic heterocycles. The monoisotopic (exact) mass is 244 g/mol. The molecule has 86 valence electrons. The number of carbonyl (C=O) groups excluding carboxylic acids is 1. The standard InChI is InChI=1S/C9H9ClN2O4/c1-5(13)11-9-6(12(14)15)3-4-7(16-2)8(9)10/h3-4H,1-2H3,(H,11,13). The van der Waals surface area contributed by atoms with E-state index >= 15 is 0 Å². The molecule has 0 radical (unpaired) electrons. The Bertz CT molecular complexity index is 447. The molecule has 1 aromatic rings. The average molecular weight is 245 g/mol. The maximum atomic E-state index is 10.9. The minimum Gasteiger partial charge on any atom is -0.495 e. The summed E-state index contributed by atoms with van der Waals surface area (Å²) in [5.74, 6) is -0.186. The second-order valence-corrected chi connectivity index (χ2v) is 3.29. The highest BCUT2D eigenvalue weighted by Gasteiger charge is 2.21. The minimum absolute atomic E-state index is 0.00639. The van der Waals surface area contributed by atoms with Crippen LogP contribution in [0.2, 0.25) is 5.02 Å². The molecule has 0 saturated heterocycles. The van der Waals surface area contributed by atoms with Crippen molar-refractivity contribution in [2.45, 2.75) is 6.92 Å². The van der Waals surface area contributed by atoms with E-state index in [0.717, 1.165) is 0 Å². The number of halogens is 1. The van der Waals surface area contributed by atoms with Gasteiger partial charge in [0, 0.05) is 13.0 Å². The lowest BCUT2D eigenvalue weighted by molar-refractivity contribution is -0.383. The first-order valence-corrected chi connectivity index (χ1v) is 4.63. The van der Waals surface area contributed by atoms with Crippen LogP contribution in [0.1, 0.15) is 6.92 Å². The van der Waals surface area contributed by atoms with E-state index in [9.17, 15) is 14.9 Å². The number of hydrogen-bond acceptors (Lipinski definition) is 4. The molecule has 1 aromatic carbocycles. The van der Waals surface area contributed by atoms with Crippen LogP contribution in [0.5, 0.6) is 5.75 Å². The molecule has 0 spiro atoms. The third-order valence-electron chi connectivity index (χ3n) is 1.80. The highest BCUT2D eigenvalue weighted by atomic mass is 35.5.